The number of rotatable bonds is 4. The van der Waals surface area contributed by atoms with Crippen molar-refractivity contribution in [3.63, 3.8) is 0 Å². The number of pyridine rings is 1. The van der Waals surface area contributed by atoms with Crippen LogP contribution in [0.5, 0.6) is 0 Å². The molecule has 2 aromatic rings. The van der Waals surface area contributed by atoms with Crippen molar-refractivity contribution < 1.29 is 4.52 Å². The van der Waals surface area contributed by atoms with Gasteiger partial charge >= 0.3 is 0 Å². The normalized spacial score (nSPS) is 18.9. The van der Waals surface area contributed by atoms with E-state index in [1.165, 1.54) is 12.8 Å². The summed E-state index contributed by atoms with van der Waals surface area (Å²) < 4.78 is 5.36. The summed E-state index contributed by atoms with van der Waals surface area (Å²) in [4.78, 5) is 8.64. The van der Waals surface area contributed by atoms with Gasteiger partial charge in [-0.3, -0.25) is 4.98 Å². The summed E-state index contributed by atoms with van der Waals surface area (Å²) in [6.45, 7) is 3.19. The van der Waals surface area contributed by atoms with Gasteiger partial charge in [0.15, 0.2) is 0 Å². The van der Waals surface area contributed by atoms with Crippen molar-refractivity contribution >= 4 is 0 Å². The molecule has 1 aliphatic rings. The molecule has 3 heterocycles. The highest BCUT2D eigenvalue weighted by Gasteiger charge is 2.19. The lowest BCUT2D eigenvalue weighted by Gasteiger charge is -2.04. The minimum absolute atomic E-state index is 0.483. The summed E-state index contributed by atoms with van der Waals surface area (Å²) in [6, 6.07) is 2.43. The maximum absolute atomic E-state index is 5.36. The Morgan fingerprint density at radius 3 is 3.21 bits per heavy atom. The molecule has 0 aromatic carbocycles. The van der Waals surface area contributed by atoms with E-state index in [2.05, 4.69) is 27.4 Å². The summed E-state index contributed by atoms with van der Waals surface area (Å²) in [5, 5.41) is 7.53. The third-order valence-electron chi connectivity index (χ3n) is 3.58. The van der Waals surface area contributed by atoms with Gasteiger partial charge in [0, 0.05) is 30.4 Å². The Balaban J connectivity index is 1.80. The van der Waals surface area contributed by atoms with Gasteiger partial charge in [-0.2, -0.15) is 4.98 Å². The molecule has 3 rings (SSSR count). The monoisotopic (exact) mass is 258 g/mol. The van der Waals surface area contributed by atoms with Crippen LogP contribution in [0.1, 0.15) is 31.2 Å². The molecule has 0 aliphatic carbocycles. The second-order valence-corrected chi connectivity index (χ2v) is 4.90. The highest BCUT2D eigenvalue weighted by Crippen LogP contribution is 2.21. The number of aromatic nitrogens is 3. The summed E-state index contributed by atoms with van der Waals surface area (Å²) in [7, 11) is 0. The van der Waals surface area contributed by atoms with Crippen LogP contribution in [0.25, 0.3) is 11.4 Å². The fourth-order valence-electron chi connectivity index (χ4n) is 2.52. The van der Waals surface area contributed by atoms with Gasteiger partial charge in [0.25, 0.3) is 0 Å². The van der Waals surface area contributed by atoms with E-state index < -0.39 is 0 Å². The van der Waals surface area contributed by atoms with E-state index in [-0.39, 0.29) is 0 Å². The van der Waals surface area contributed by atoms with Crippen LogP contribution in [0.2, 0.25) is 0 Å². The fraction of sp³-hybridized carbons (Fsp3) is 0.500. The Morgan fingerprint density at radius 2 is 2.42 bits per heavy atom. The van der Waals surface area contributed by atoms with Crippen LogP contribution in [0.15, 0.2) is 23.0 Å². The van der Waals surface area contributed by atoms with Crippen LogP contribution in [0, 0.1) is 0 Å². The van der Waals surface area contributed by atoms with Gasteiger partial charge in [-0.25, -0.2) is 0 Å². The Labute approximate surface area is 112 Å². The molecule has 1 unspecified atom stereocenters. The minimum Gasteiger partial charge on any atom is -0.339 e. The highest BCUT2D eigenvalue weighted by atomic mass is 16.5. The van der Waals surface area contributed by atoms with Crippen molar-refractivity contribution in [3.05, 3.63) is 29.9 Å². The lowest BCUT2D eigenvalue weighted by Crippen LogP contribution is -2.23. The molecular weight excluding hydrogens is 240 g/mol. The Bertz CT molecular complexity index is 546. The standard InChI is InChI=1S/C14H18N4O/c1-2-10-9-15-7-5-12(10)14-17-13(19-18-14)8-11-4-3-6-16-11/h5,7,9,11,16H,2-4,6,8H2,1H3. The van der Waals surface area contributed by atoms with Crippen molar-refractivity contribution in [1.29, 1.82) is 0 Å². The van der Waals surface area contributed by atoms with Crippen LogP contribution in [0.4, 0.5) is 0 Å². The Hall–Kier alpha value is -1.75. The highest BCUT2D eigenvalue weighted by molar-refractivity contribution is 5.58. The predicted octanol–water partition coefficient (Wildman–Crippen LogP) is 1.99. The molecular formula is C14H18N4O. The van der Waals surface area contributed by atoms with E-state index in [1.54, 1.807) is 6.20 Å². The number of nitrogens with one attached hydrogen (secondary N) is 1. The minimum atomic E-state index is 0.483. The summed E-state index contributed by atoms with van der Waals surface area (Å²) in [6.07, 6.45) is 7.78. The van der Waals surface area contributed by atoms with Gasteiger partial charge in [-0.15, -0.1) is 0 Å². The van der Waals surface area contributed by atoms with E-state index in [0.717, 1.165) is 30.5 Å². The molecule has 0 bridgehead atoms. The Morgan fingerprint density at radius 1 is 1.47 bits per heavy atom. The number of nitrogens with zero attached hydrogens (tertiary/aromatic N) is 3. The molecule has 19 heavy (non-hydrogen) atoms. The smallest absolute Gasteiger partial charge is 0.228 e. The molecule has 5 nitrogen and oxygen atoms in total. The molecule has 0 radical (unpaired) electrons. The molecule has 2 aromatic heterocycles. The lowest BCUT2D eigenvalue weighted by atomic mass is 10.1. The van der Waals surface area contributed by atoms with Gasteiger partial charge in [0.05, 0.1) is 0 Å². The third-order valence-corrected chi connectivity index (χ3v) is 3.58. The second kappa shape index (κ2) is 5.48. The zero-order chi connectivity index (χ0) is 13.1. The second-order valence-electron chi connectivity index (χ2n) is 4.90. The SMILES string of the molecule is CCc1cnccc1-c1noc(CC2CCCN2)n1. The first kappa shape index (κ1) is 12.3. The van der Waals surface area contributed by atoms with Crippen LogP contribution in [-0.2, 0) is 12.8 Å². The summed E-state index contributed by atoms with van der Waals surface area (Å²) in [5.41, 5.74) is 2.17. The van der Waals surface area contributed by atoms with Gasteiger partial charge in [-0.05, 0) is 37.4 Å². The first-order valence-corrected chi connectivity index (χ1v) is 6.86. The molecule has 1 aliphatic heterocycles. The maximum atomic E-state index is 5.36. The predicted molar refractivity (Wildman–Crippen MR) is 71.6 cm³/mol. The first-order chi connectivity index (χ1) is 9.36. The third kappa shape index (κ3) is 2.66. The lowest BCUT2D eigenvalue weighted by molar-refractivity contribution is 0.364. The molecule has 0 spiro atoms. The van der Waals surface area contributed by atoms with E-state index in [4.69, 9.17) is 4.52 Å². The average molecular weight is 258 g/mol. The zero-order valence-electron chi connectivity index (χ0n) is 11.1. The van der Waals surface area contributed by atoms with E-state index >= 15 is 0 Å². The van der Waals surface area contributed by atoms with Gasteiger partial charge in [0.2, 0.25) is 11.7 Å². The zero-order valence-corrected chi connectivity index (χ0v) is 11.1. The van der Waals surface area contributed by atoms with Crippen molar-refractivity contribution in [2.45, 2.75) is 38.6 Å². The van der Waals surface area contributed by atoms with Gasteiger partial charge < -0.3 is 9.84 Å². The first-order valence-electron chi connectivity index (χ1n) is 6.86. The molecule has 5 heteroatoms. The molecule has 0 amide bonds. The topological polar surface area (TPSA) is 63.8 Å². The van der Waals surface area contributed by atoms with Crippen LogP contribution >= 0.6 is 0 Å². The van der Waals surface area contributed by atoms with E-state index in [1.807, 2.05) is 12.3 Å². The van der Waals surface area contributed by atoms with E-state index in [9.17, 15) is 0 Å². The molecule has 1 atom stereocenters. The largest absolute Gasteiger partial charge is 0.339 e. The van der Waals surface area contributed by atoms with Crippen molar-refractivity contribution in [2.75, 3.05) is 6.54 Å². The fourth-order valence-corrected chi connectivity index (χ4v) is 2.52. The molecule has 1 saturated heterocycles. The molecule has 100 valence electrons. The van der Waals surface area contributed by atoms with Crippen molar-refractivity contribution in [2.24, 2.45) is 0 Å². The molecule has 0 saturated carbocycles. The van der Waals surface area contributed by atoms with E-state index in [0.29, 0.717) is 17.8 Å². The van der Waals surface area contributed by atoms with Gasteiger partial charge in [0.1, 0.15) is 0 Å². The number of hydrogen-bond donors (Lipinski definition) is 1. The van der Waals surface area contributed by atoms with Crippen molar-refractivity contribution in [3.8, 4) is 11.4 Å². The summed E-state index contributed by atoms with van der Waals surface area (Å²) >= 11 is 0. The van der Waals surface area contributed by atoms with Crippen LogP contribution < -0.4 is 5.32 Å². The summed E-state index contributed by atoms with van der Waals surface area (Å²) in [5.74, 6) is 1.39. The van der Waals surface area contributed by atoms with Gasteiger partial charge in [-0.1, -0.05) is 12.1 Å². The average Bonchev–Trinajstić information content (AvgIpc) is 3.11. The van der Waals surface area contributed by atoms with Crippen LogP contribution in [0.3, 0.4) is 0 Å². The molecule has 1 fully saturated rings. The van der Waals surface area contributed by atoms with Crippen LogP contribution in [-0.4, -0.2) is 27.7 Å². The Kier molecular flexibility index (Phi) is 3.55. The quantitative estimate of drug-likeness (QED) is 0.908. The number of aryl methyl sites for hydroxylation is 1. The number of hydrogen-bond acceptors (Lipinski definition) is 5. The van der Waals surface area contributed by atoms with Crippen molar-refractivity contribution in [1.82, 2.24) is 20.4 Å². The molecule has 1 N–H and O–H groups in total. The maximum Gasteiger partial charge on any atom is 0.228 e.